The third-order valence-corrected chi connectivity index (χ3v) is 6.52. The van der Waals surface area contributed by atoms with E-state index in [2.05, 4.69) is 27.2 Å². The normalized spacial score (nSPS) is 23.5. The minimum atomic E-state index is 0.228. The van der Waals surface area contributed by atoms with Gasteiger partial charge in [-0.25, -0.2) is 0 Å². The van der Waals surface area contributed by atoms with Crippen molar-refractivity contribution in [2.45, 2.75) is 38.1 Å². The standard InChI is InChI=1S/C22H33N3O2/c26-22(25-13-11-24(12-14-25)20-7-15-27-16-8-20)21-4-2-1-3-19(21)17-18-5-9-23-10-6-18/h1-4,18,20,23H,5-17H2. The van der Waals surface area contributed by atoms with Crippen LogP contribution in [0.25, 0.3) is 0 Å². The molecule has 0 radical (unpaired) electrons. The number of hydrogen-bond acceptors (Lipinski definition) is 4. The van der Waals surface area contributed by atoms with E-state index in [1.807, 2.05) is 12.1 Å². The molecule has 1 N–H and O–H groups in total. The first-order valence-corrected chi connectivity index (χ1v) is 10.7. The Hall–Kier alpha value is -1.43. The number of nitrogens with one attached hydrogen (secondary N) is 1. The largest absolute Gasteiger partial charge is 0.381 e. The first-order valence-electron chi connectivity index (χ1n) is 10.7. The van der Waals surface area contributed by atoms with Gasteiger partial charge in [0.15, 0.2) is 0 Å². The van der Waals surface area contributed by atoms with Gasteiger partial charge in [0.2, 0.25) is 0 Å². The van der Waals surface area contributed by atoms with Crippen LogP contribution in [0, 0.1) is 5.92 Å². The first-order chi connectivity index (χ1) is 13.3. The highest BCUT2D eigenvalue weighted by Gasteiger charge is 2.28. The van der Waals surface area contributed by atoms with E-state index in [4.69, 9.17) is 4.74 Å². The van der Waals surface area contributed by atoms with E-state index in [0.29, 0.717) is 12.0 Å². The Balaban J connectivity index is 1.37. The van der Waals surface area contributed by atoms with E-state index in [1.165, 1.54) is 18.4 Å². The number of ether oxygens (including phenoxy) is 1. The Morgan fingerprint density at radius 3 is 2.44 bits per heavy atom. The summed E-state index contributed by atoms with van der Waals surface area (Å²) in [5, 5.41) is 3.43. The maximum absolute atomic E-state index is 13.2. The fourth-order valence-corrected chi connectivity index (χ4v) is 4.81. The number of amides is 1. The molecule has 3 saturated heterocycles. The minimum Gasteiger partial charge on any atom is -0.381 e. The average molecular weight is 372 g/mol. The number of carbonyl (C=O) groups excluding carboxylic acids is 1. The number of nitrogens with zero attached hydrogens (tertiary/aromatic N) is 2. The number of piperidine rings is 1. The molecule has 3 aliphatic rings. The smallest absolute Gasteiger partial charge is 0.254 e. The second kappa shape index (κ2) is 9.18. The van der Waals surface area contributed by atoms with Crippen molar-refractivity contribution in [3.05, 3.63) is 35.4 Å². The van der Waals surface area contributed by atoms with E-state index in [1.54, 1.807) is 0 Å². The van der Waals surface area contributed by atoms with Crippen molar-refractivity contribution < 1.29 is 9.53 Å². The molecule has 4 rings (SSSR count). The number of benzene rings is 1. The van der Waals surface area contributed by atoms with Gasteiger partial charge in [0.25, 0.3) is 5.91 Å². The molecule has 5 nitrogen and oxygen atoms in total. The van der Waals surface area contributed by atoms with Crippen LogP contribution in [0.3, 0.4) is 0 Å². The molecule has 0 spiro atoms. The maximum atomic E-state index is 13.2. The van der Waals surface area contributed by atoms with Crippen LogP contribution >= 0.6 is 0 Å². The van der Waals surface area contributed by atoms with Crippen molar-refractivity contribution >= 4 is 5.91 Å². The van der Waals surface area contributed by atoms with E-state index < -0.39 is 0 Å². The van der Waals surface area contributed by atoms with E-state index >= 15 is 0 Å². The van der Waals surface area contributed by atoms with Crippen LogP contribution in [0.4, 0.5) is 0 Å². The molecule has 148 valence electrons. The molecule has 0 bridgehead atoms. The zero-order chi connectivity index (χ0) is 18.5. The third kappa shape index (κ3) is 4.71. The molecule has 0 aliphatic carbocycles. The number of piperazine rings is 1. The molecular weight excluding hydrogens is 338 g/mol. The van der Waals surface area contributed by atoms with Crippen LogP contribution in [0.1, 0.15) is 41.6 Å². The highest BCUT2D eigenvalue weighted by Crippen LogP contribution is 2.23. The lowest BCUT2D eigenvalue weighted by molar-refractivity contribution is 0.0137. The highest BCUT2D eigenvalue weighted by molar-refractivity contribution is 5.95. The van der Waals surface area contributed by atoms with E-state index in [0.717, 1.165) is 77.3 Å². The summed E-state index contributed by atoms with van der Waals surface area (Å²) in [7, 11) is 0. The van der Waals surface area contributed by atoms with Gasteiger partial charge in [-0.3, -0.25) is 9.69 Å². The minimum absolute atomic E-state index is 0.228. The monoisotopic (exact) mass is 371 g/mol. The molecule has 3 heterocycles. The zero-order valence-corrected chi connectivity index (χ0v) is 16.4. The predicted octanol–water partition coefficient (Wildman–Crippen LogP) is 2.17. The first kappa shape index (κ1) is 18.9. The van der Waals surface area contributed by atoms with Crippen LogP contribution in [0.2, 0.25) is 0 Å². The Bertz CT molecular complexity index is 616. The Labute approximate surface area is 163 Å². The summed E-state index contributed by atoms with van der Waals surface area (Å²) in [6.45, 7) is 7.65. The molecule has 0 aromatic heterocycles. The van der Waals surface area contributed by atoms with E-state index in [-0.39, 0.29) is 5.91 Å². The van der Waals surface area contributed by atoms with Gasteiger partial charge in [-0.05, 0) is 62.7 Å². The molecule has 0 saturated carbocycles. The van der Waals surface area contributed by atoms with Crippen molar-refractivity contribution in [3.63, 3.8) is 0 Å². The second-order valence-electron chi connectivity index (χ2n) is 8.23. The predicted molar refractivity (Wildman–Crippen MR) is 107 cm³/mol. The summed E-state index contributed by atoms with van der Waals surface area (Å²) >= 11 is 0. The molecule has 3 fully saturated rings. The summed E-state index contributed by atoms with van der Waals surface area (Å²) < 4.78 is 5.49. The van der Waals surface area contributed by atoms with Gasteiger partial charge >= 0.3 is 0 Å². The van der Waals surface area contributed by atoms with Crippen molar-refractivity contribution in [3.8, 4) is 0 Å². The van der Waals surface area contributed by atoms with Crippen molar-refractivity contribution in [2.75, 3.05) is 52.5 Å². The van der Waals surface area contributed by atoms with Crippen LogP contribution < -0.4 is 5.32 Å². The molecule has 1 amide bonds. The molecular formula is C22H33N3O2. The second-order valence-corrected chi connectivity index (χ2v) is 8.23. The summed E-state index contributed by atoms with van der Waals surface area (Å²) in [6.07, 6.45) is 5.73. The summed E-state index contributed by atoms with van der Waals surface area (Å²) in [6, 6.07) is 8.92. The van der Waals surface area contributed by atoms with Gasteiger partial charge < -0.3 is 15.0 Å². The number of rotatable bonds is 4. The van der Waals surface area contributed by atoms with Crippen LogP contribution in [0.15, 0.2) is 24.3 Å². The summed E-state index contributed by atoms with van der Waals surface area (Å²) in [5.41, 5.74) is 2.16. The number of hydrogen-bond donors (Lipinski definition) is 1. The Morgan fingerprint density at radius 2 is 1.70 bits per heavy atom. The van der Waals surface area contributed by atoms with Gasteiger partial charge in [-0.15, -0.1) is 0 Å². The van der Waals surface area contributed by atoms with E-state index in [9.17, 15) is 4.79 Å². The topological polar surface area (TPSA) is 44.8 Å². The quantitative estimate of drug-likeness (QED) is 0.881. The van der Waals surface area contributed by atoms with Gasteiger partial charge in [0.05, 0.1) is 0 Å². The van der Waals surface area contributed by atoms with Crippen LogP contribution in [-0.4, -0.2) is 74.2 Å². The van der Waals surface area contributed by atoms with Crippen LogP contribution in [-0.2, 0) is 11.2 Å². The third-order valence-electron chi connectivity index (χ3n) is 6.52. The van der Waals surface area contributed by atoms with Gasteiger partial charge in [-0.2, -0.15) is 0 Å². The zero-order valence-electron chi connectivity index (χ0n) is 16.4. The van der Waals surface area contributed by atoms with Crippen LogP contribution in [0.5, 0.6) is 0 Å². The van der Waals surface area contributed by atoms with Crippen molar-refractivity contribution in [1.82, 2.24) is 15.1 Å². The summed E-state index contributed by atoms with van der Waals surface area (Å²) in [5.74, 6) is 0.928. The lowest BCUT2D eigenvalue weighted by Crippen LogP contribution is -2.53. The van der Waals surface area contributed by atoms with Crippen molar-refractivity contribution in [1.29, 1.82) is 0 Å². The van der Waals surface area contributed by atoms with Gasteiger partial charge in [0.1, 0.15) is 0 Å². The number of carbonyl (C=O) groups is 1. The molecule has 27 heavy (non-hydrogen) atoms. The Morgan fingerprint density at radius 1 is 1.00 bits per heavy atom. The highest BCUT2D eigenvalue weighted by atomic mass is 16.5. The van der Waals surface area contributed by atoms with Gasteiger partial charge in [-0.1, -0.05) is 18.2 Å². The maximum Gasteiger partial charge on any atom is 0.254 e. The SMILES string of the molecule is O=C(c1ccccc1CC1CCNCC1)N1CCN(C2CCOCC2)CC1. The molecule has 1 aromatic rings. The molecule has 5 heteroatoms. The molecule has 0 atom stereocenters. The Kier molecular flexibility index (Phi) is 6.43. The lowest BCUT2D eigenvalue weighted by Gasteiger charge is -2.40. The van der Waals surface area contributed by atoms with Crippen molar-refractivity contribution in [2.24, 2.45) is 5.92 Å². The average Bonchev–Trinajstić information content (AvgIpc) is 2.75. The molecule has 0 unspecified atom stereocenters. The molecule has 1 aromatic carbocycles. The molecule has 3 aliphatic heterocycles. The fourth-order valence-electron chi connectivity index (χ4n) is 4.81. The van der Waals surface area contributed by atoms with Gasteiger partial charge in [0, 0.05) is 51.0 Å². The fraction of sp³-hybridized carbons (Fsp3) is 0.682. The lowest BCUT2D eigenvalue weighted by atomic mass is 9.89. The summed E-state index contributed by atoms with van der Waals surface area (Å²) in [4.78, 5) is 17.8.